The van der Waals surface area contributed by atoms with E-state index in [9.17, 15) is 18.0 Å². The van der Waals surface area contributed by atoms with Gasteiger partial charge in [-0.2, -0.15) is 0 Å². The second kappa shape index (κ2) is 11.8. The van der Waals surface area contributed by atoms with Crippen LogP contribution in [0.5, 0.6) is 5.75 Å². The minimum absolute atomic E-state index is 0.0244. The molecule has 1 aliphatic heterocycles. The molecule has 0 atom stereocenters. The van der Waals surface area contributed by atoms with Crippen LogP contribution in [0.4, 0.5) is 11.4 Å². The van der Waals surface area contributed by atoms with Crippen LogP contribution in [-0.2, 0) is 14.8 Å². The van der Waals surface area contributed by atoms with Gasteiger partial charge in [-0.3, -0.25) is 14.3 Å². The van der Waals surface area contributed by atoms with E-state index in [2.05, 4.69) is 14.9 Å². The molecule has 0 aliphatic carbocycles. The van der Waals surface area contributed by atoms with E-state index in [1.54, 1.807) is 55.5 Å². The molecule has 0 spiro atoms. The van der Waals surface area contributed by atoms with E-state index in [0.717, 1.165) is 13.1 Å². The first kappa shape index (κ1) is 27.4. The maximum Gasteiger partial charge on any atom is 0.262 e. The molecular formula is C27H29ClN4O5S. The fourth-order valence-electron chi connectivity index (χ4n) is 3.91. The molecule has 4 rings (SSSR count). The second-order valence-electron chi connectivity index (χ2n) is 9.05. The molecule has 2 amide bonds. The highest BCUT2D eigenvalue weighted by Crippen LogP contribution is 2.24. The highest BCUT2D eigenvalue weighted by atomic mass is 35.5. The predicted octanol–water partition coefficient (Wildman–Crippen LogP) is 3.85. The van der Waals surface area contributed by atoms with Gasteiger partial charge in [0, 0.05) is 48.1 Å². The lowest BCUT2D eigenvalue weighted by atomic mass is 10.1. The fourth-order valence-corrected chi connectivity index (χ4v) is 5.18. The van der Waals surface area contributed by atoms with Crippen molar-refractivity contribution in [3.8, 4) is 5.75 Å². The van der Waals surface area contributed by atoms with Crippen molar-refractivity contribution in [3.05, 3.63) is 82.9 Å². The van der Waals surface area contributed by atoms with Gasteiger partial charge in [-0.1, -0.05) is 11.6 Å². The number of hydrogen-bond acceptors (Lipinski definition) is 6. The molecule has 0 bridgehead atoms. The van der Waals surface area contributed by atoms with Crippen molar-refractivity contribution in [2.75, 3.05) is 49.9 Å². The van der Waals surface area contributed by atoms with Gasteiger partial charge in [-0.05, 0) is 86.3 Å². The van der Waals surface area contributed by atoms with Gasteiger partial charge in [-0.25, -0.2) is 8.42 Å². The number of halogens is 1. The Kier molecular flexibility index (Phi) is 8.55. The maximum absolute atomic E-state index is 12.7. The summed E-state index contributed by atoms with van der Waals surface area (Å²) in [6.07, 6.45) is 0. The molecule has 1 saturated heterocycles. The molecular weight excluding hydrogens is 528 g/mol. The van der Waals surface area contributed by atoms with Gasteiger partial charge in [0.2, 0.25) is 0 Å². The molecule has 0 saturated carbocycles. The highest BCUT2D eigenvalue weighted by molar-refractivity contribution is 7.92. The summed E-state index contributed by atoms with van der Waals surface area (Å²) in [6.45, 7) is 4.51. The van der Waals surface area contributed by atoms with Crippen molar-refractivity contribution < 1.29 is 22.7 Å². The predicted molar refractivity (Wildman–Crippen MR) is 147 cm³/mol. The standard InChI is InChI=1S/C27H29ClN4O5S/c1-19-17-24(38(35,36)30-23-9-5-21(28)6-10-23)11-12-25(19)37-18-26(33)29-22-7-3-20(4-8-22)27(34)32-15-13-31(2)14-16-32/h3-12,17,30H,13-16,18H2,1-2H3,(H,29,33). The van der Waals surface area contributed by atoms with Crippen LogP contribution in [0.25, 0.3) is 0 Å². The van der Waals surface area contributed by atoms with Crippen LogP contribution in [-0.4, -0.2) is 69.9 Å². The van der Waals surface area contributed by atoms with Crippen LogP contribution >= 0.6 is 11.6 Å². The first-order chi connectivity index (χ1) is 18.1. The number of anilines is 2. The molecule has 1 fully saturated rings. The molecule has 11 heteroatoms. The lowest BCUT2D eigenvalue weighted by molar-refractivity contribution is -0.118. The van der Waals surface area contributed by atoms with Crippen LogP contribution in [0.3, 0.4) is 0 Å². The van der Waals surface area contributed by atoms with Crippen molar-refractivity contribution in [2.24, 2.45) is 0 Å². The minimum Gasteiger partial charge on any atom is -0.483 e. The van der Waals surface area contributed by atoms with E-state index >= 15 is 0 Å². The molecule has 1 aliphatic rings. The summed E-state index contributed by atoms with van der Waals surface area (Å²) in [6, 6.07) is 17.5. The van der Waals surface area contributed by atoms with Gasteiger partial charge in [0.05, 0.1) is 4.90 Å². The second-order valence-corrected chi connectivity index (χ2v) is 11.2. The number of likely N-dealkylation sites (N-methyl/N-ethyl adjacent to an activating group) is 1. The van der Waals surface area contributed by atoms with Crippen LogP contribution in [0.2, 0.25) is 5.02 Å². The Morgan fingerprint density at radius 1 is 0.921 bits per heavy atom. The molecule has 3 aromatic rings. The Labute approximate surface area is 227 Å². The Balaban J connectivity index is 1.30. The number of amides is 2. The third-order valence-electron chi connectivity index (χ3n) is 6.12. The smallest absolute Gasteiger partial charge is 0.262 e. The summed E-state index contributed by atoms with van der Waals surface area (Å²) in [5.41, 5.74) is 2.06. The number of rotatable bonds is 8. The third-order valence-corrected chi connectivity index (χ3v) is 7.75. The normalized spacial score (nSPS) is 14.1. The first-order valence-electron chi connectivity index (χ1n) is 12.0. The molecule has 0 radical (unpaired) electrons. The number of aryl methyl sites for hydroxylation is 1. The van der Waals surface area contributed by atoms with Crippen LogP contribution < -0.4 is 14.8 Å². The van der Waals surface area contributed by atoms with E-state index in [1.165, 1.54) is 18.2 Å². The van der Waals surface area contributed by atoms with Crippen molar-refractivity contribution >= 4 is 44.8 Å². The maximum atomic E-state index is 12.7. The van der Waals surface area contributed by atoms with Crippen molar-refractivity contribution in [3.63, 3.8) is 0 Å². The van der Waals surface area contributed by atoms with Gasteiger partial charge in [0.25, 0.3) is 21.8 Å². The lowest BCUT2D eigenvalue weighted by Gasteiger charge is -2.32. The lowest BCUT2D eigenvalue weighted by Crippen LogP contribution is -2.47. The summed E-state index contributed by atoms with van der Waals surface area (Å²) in [7, 11) is -1.78. The summed E-state index contributed by atoms with van der Waals surface area (Å²) in [5, 5.41) is 3.24. The quantitative estimate of drug-likeness (QED) is 0.436. The number of carbonyl (C=O) groups is 2. The van der Waals surface area contributed by atoms with Gasteiger partial charge in [-0.15, -0.1) is 0 Å². The van der Waals surface area contributed by atoms with Crippen LogP contribution in [0.1, 0.15) is 15.9 Å². The zero-order valence-corrected chi connectivity index (χ0v) is 22.7. The highest BCUT2D eigenvalue weighted by Gasteiger charge is 2.20. The Hall–Kier alpha value is -3.60. The van der Waals surface area contributed by atoms with Gasteiger partial charge >= 0.3 is 0 Å². The molecule has 0 unspecified atom stereocenters. The van der Waals surface area contributed by atoms with Gasteiger partial charge in [0.1, 0.15) is 5.75 Å². The van der Waals surface area contributed by atoms with Gasteiger partial charge in [0.15, 0.2) is 6.61 Å². The van der Waals surface area contributed by atoms with E-state index in [4.69, 9.17) is 16.3 Å². The monoisotopic (exact) mass is 556 g/mol. The average molecular weight is 557 g/mol. The van der Waals surface area contributed by atoms with E-state index < -0.39 is 10.0 Å². The van der Waals surface area contributed by atoms with Crippen LogP contribution in [0.15, 0.2) is 71.6 Å². The molecule has 9 nitrogen and oxygen atoms in total. The number of piperazine rings is 1. The average Bonchev–Trinajstić information content (AvgIpc) is 2.89. The summed E-state index contributed by atoms with van der Waals surface area (Å²) in [4.78, 5) is 29.2. The molecule has 0 aromatic heterocycles. The number of nitrogens with zero attached hydrogens (tertiary/aromatic N) is 2. The number of ether oxygens (including phenoxy) is 1. The number of benzene rings is 3. The number of sulfonamides is 1. The third kappa shape index (κ3) is 7.03. The van der Waals surface area contributed by atoms with Crippen molar-refractivity contribution in [1.29, 1.82) is 0 Å². The largest absolute Gasteiger partial charge is 0.483 e. The zero-order chi connectivity index (χ0) is 27.3. The van der Waals surface area contributed by atoms with E-state index in [0.29, 0.717) is 46.4 Å². The number of nitrogens with one attached hydrogen (secondary N) is 2. The van der Waals surface area contributed by atoms with Gasteiger partial charge < -0.3 is 19.9 Å². The fraction of sp³-hybridized carbons (Fsp3) is 0.259. The van der Waals surface area contributed by atoms with Crippen molar-refractivity contribution in [1.82, 2.24) is 9.80 Å². The molecule has 1 heterocycles. The summed E-state index contributed by atoms with van der Waals surface area (Å²) in [5.74, 6) is -0.0222. The SMILES string of the molecule is Cc1cc(S(=O)(=O)Nc2ccc(Cl)cc2)ccc1OCC(=O)Nc1ccc(C(=O)N2CCN(C)CC2)cc1. The zero-order valence-electron chi connectivity index (χ0n) is 21.1. The number of hydrogen-bond donors (Lipinski definition) is 2. The molecule has 2 N–H and O–H groups in total. The summed E-state index contributed by atoms with van der Waals surface area (Å²) >= 11 is 5.85. The molecule has 200 valence electrons. The van der Waals surface area contributed by atoms with E-state index in [1.807, 2.05) is 11.9 Å². The van der Waals surface area contributed by atoms with E-state index in [-0.39, 0.29) is 23.3 Å². The van der Waals surface area contributed by atoms with Crippen LogP contribution in [0, 0.1) is 6.92 Å². The Morgan fingerprint density at radius 2 is 1.55 bits per heavy atom. The summed E-state index contributed by atoms with van der Waals surface area (Å²) < 4.78 is 33.5. The Morgan fingerprint density at radius 3 is 2.18 bits per heavy atom. The molecule has 3 aromatic carbocycles. The number of carbonyl (C=O) groups excluding carboxylic acids is 2. The topological polar surface area (TPSA) is 108 Å². The molecule has 38 heavy (non-hydrogen) atoms. The Bertz CT molecular complexity index is 1400. The minimum atomic E-state index is -3.81. The van der Waals surface area contributed by atoms with Crippen molar-refractivity contribution in [2.45, 2.75) is 11.8 Å². The first-order valence-corrected chi connectivity index (χ1v) is 13.9.